The summed E-state index contributed by atoms with van der Waals surface area (Å²) < 4.78 is 6.84. The molecule has 5 heteroatoms. The van der Waals surface area contributed by atoms with Crippen molar-refractivity contribution in [2.24, 2.45) is 0 Å². The van der Waals surface area contributed by atoms with Crippen molar-refractivity contribution >= 4 is 5.97 Å². The van der Waals surface area contributed by atoms with Gasteiger partial charge in [0.1, 0.15) is 5.69 Å². The fourth-order valence-corrected chi connectivity index (χ4v) is 2.40. The SMILES string of the molecule is CCCCC/C=C(\Cn1cc(-c2ccccc2)nn1)C(=O)OCC. The fraction of sp³-hybridized carbons (Fsp3) is 0.421. The van der Waals surface area contributed by atoms with Gasteiger partial charge in [0.15, 0.2) is 0 Å². The average Bonchev–Trinajstić information content (AvgIpc) is 3.07. The molecule has 24 heavy (non-hydrogen) atoms. The molecule has 0 aliphatic heterocycles. The molecule has 1 heterocycles. The van der Waals surface area contributed by atoms with E-state index < -0.39 is 0 Å². The van der Waals surface area contributed by atoms with E-state index in [0.717, 1.165) is 36.9 Å². The number of nitrogens with zero attached hydrogens (tertiary/aromatic N) is 3. The quantitative estimate of drug-likeness (QED) is 0.396. The first-order valence-corrected chi connectivity index (χ1v) is 8.56. The molecule has 2 aromatic rings. The highest BCUT2D eigenvalue weighted by atomic mass is 16.5. The van der Waals surface area contributed by atoms with Crippen molar-refractivity contribution < 1.29 is 9.53 Å². The Labute approximate surface area is 143 Å². The summed E-state index contributed by atoms with van der Waals surface area (Å²) in [6.45, 7) is 4.73. The Morgan fingerprint density at radius 1 is 1.21 bits per heavy atom. The second-order valence-electron chi connectivity index (χ2n) is 5.61. The van der Waals surface area contributed by atoms with Crippen LogP contribution in [0, 0.1) is 0 Å². The topological polar surface area (TPSA) is 57.0 Å². The summed E-state index contributed by atoms with van der Waals surface area (Å²) >= 11 is 0. The van der Waals surface area contributed by atoms with E-state index in [2.05, 4.69) is 17.2 Å². The minimum atomic E-state index is -0.272. The van der Waals surface area contributed by atoms with E-state index >= 15 is 0 Å². The predicted octanol–water partition coefficient (Wildman–Crippen LogP) is 4.01. The van der Waals surface area contributed by atoms with Crippen molar-refractivity contribution in [3.8, 4) is 11.3 Å². The van der Waals surface area contributed by atoms with E-state index in [1.807, 2.05) is 49.5 Å². The largest absolute Gasteiger partial charge is 0.463 e. The summed E-state index contributed by atoms with van der Waals surface area (Å²) in [4.78, 5) is 12.1. The molecular formula is C19H25N3O2. The van der Waals surface area contributed by atoms with Crippen molar-refractivity contribution in [3.05, 3.63) is 48.2 Å². The molecule has 0 fully saturated rings. The highest BCUT2D eigenvalue weighted by Crippen LogP contribution is 2.16. The number of aromatic nitrogens is 3. The molecule has 128 valence electrons. The van der Waals surface area contributed by atoms with Crippen LogP contribution in [-0.2, 0) is 16.1 Å². The number of esters is 1. The number of allylic oxidation sites excluding steroid dienone is 1. The standard InChI is InChI=1S/C19H25N3O2/c1-3-5-6-8-13-17(19(23)24-4-2)14-22-15-18(20-21-22)16-11-9-7-10-12-16/h7,9-13,15H,3-6,8,14H2,1-2H3/b17-13+. The van der Waals surface area contributed by atoms with Gasteiger partial charge >= 0.3 is 5.97 Å². The van der Waals surface area contributed by atoms with Crippen molar-refractivity contribution in [1.82, 2.24) is 15.0 Å². The number of carbonyl (C=O) groups is 1. The van der Waals surface area contributed by atoms with Crippen LogP contribution < -0.4 is 0 Å². The van der Waals surface area contributed by atoms with Crippen molar-refractivity contribution in [2.45, 2.75) is 46.1 Å². The fourth-order valence-electron chi connectivity index (χ4n) is 2.40. The minimum absolute atomic E-state index is 0.272. The van der Waals surface area contributed by atoms with Crippen LogP contribution in [0.25, 0.3) is 11.3 Å². The third-order valence-electron chi connectivity index (χ3n) is 3.68. The zero-order chi connectivity index (χ0) is 17.2. The van der Waals surface area contributed by atoms with Crippen LogP contribution in [0.15, 0.2) is 48.2 Å². The summed E-state index contributed by atoms with van der Waals surface area (Å²) in [5, 5.41) is 8.33. The van der Waals surface area contributed by atoms with E-state index in [1.54, 1.807) is 4.68 Å². The number of ether oxygens (including phenoxy) is 1. The van der Waals surface area contributed by atoms with Gasteiger partial charge in [-0.15, -0.1) is 5.10 Å². The van der Waals surface area contributed by atoms with Gasteiger partial charge in [0.25, 0.3) is 0 Å². The third kappa shape index (κ3) is 5.33. The third-order valence-corrected chi connectivity index (χ3v) is 3.68. The molecule has 0 N–H and O–H groups in total. The number of carbonyl (C=O) groups excluding carboxylic acids is 1. The van der Waals surface area contributed by atoms with Gasteiger partial charge in [-0.25, -0.2) is 9.48 Å². The Morgan fingerprint density at radius 3 is 2.71 bits per heavy atom. The average molecular weight is 327 g/mol. The Morgan fingerprint density at radius 2 is 2.00 bits per heavy atom. The number of unbranched alkanes of at least 4 members (excludes halogenated alkanes) is 3. The van der Waals surface area contributed by atoms with Crippen LogP contribution >= 0.6 is 0 Å². The van der Waals surface area contributed by atoms with E-state index in [9.17, 15) is 4.79 Å². The normalized spacial score (nSPS) is 11.5. The molecule has 1 aromatic heterocycles. The van der Waals surface area contributed by atoms with Crippen LogP contribution in [0.1, 0.15) is 39.5 Å². The summed E-state index contributed by atoms with van der Waals surface area (Å²) in [5.41, 5.74) is 2.44. The summed E-state index contributed by atoms with van der Waals surface area (Å²) in [7, 11) is 0. The van der Waals surface area contributed by atoms with E-state index in [0.29, 0.717) is 18.7 Å². The molecule has 0 saturated heterocycles. The van der Waals surface area contributed by atoms with E-state index in [1.165, 1.54) is 0 Å². The molecule has 2 rings (SSSR count). The van der Waals surface area contributed by atoms with Crippen LogP contribution in [0.2, 0.25) is 0 Å². The number of rotatable bonds is 9. The molecule has 0 saturated carbocycles. The molecule has 0 spiro atoms. The lowest BCUT2D eigenvalue weighted by atomic mass is 10.1. The first-order valence-electron chi connectivity index (χ1n) is 8.56. The van der Waals surface area contributed by atoms with Gasteiger partial charge in [-0.3, -0.25) is 0 Å². The van der Waals surface area contributed by atoms with Gasteiger partial charge in [0.2, 0.25) is 0 Å². The maximum atomic E-state index is 12.1. The Hall–Kier alpha value is -2.43. The lowest BCUT2D eigenvalue weighted by molar-refractivity contribution is -0.138. The Bertz CT molecular complexity index is 662. The minimum Gasteiger partial charge on any atom is -0.463 e. The zero-order valence-electron chi connectivity index (χ0n) is 14.4. The van der Waals surface area contributed by atoms with Crippen molar-refractivity contribution in [3.63, 3.8) is 0 Å². The Kier molecular flexibility index (Phi) is 7.21. The lowest BCUT2D eigenvalue weighted by Gasteiger charge is -2.07. The van der Waals surface area contributed by atoms with Gasteiger partial charge < -0.3 is 4.74 Å². The molecule has 0 unspecified atom stereocenters. The van der Waals surface area contributed by atoms with Crippen LogP contribution in [0.4, 0.5) is 0 Å². The molecule has 5 nitrogen and oxygen atoms in total. The molecule has 0 aliphatic rings. The predicted molar refractivity (Wildman–Crippen MR) is 94.3 cm³/mol. The summed E-state index contributed by atoms with van der Waals surface area (Å²) in [6, 6.07) is 9.87. The maximum absolute atomic E-state index is 12.1. The molecule has 0 atom stereocenters. The molecule has 0 amide bonds. The van der Waals surface area contributed by atoms with Gasteiger partial charge in [-0.1, -0.05) is 61.4 Å². The number of benzene rings is 1. The van der Waals surface area contributed by atoms with Gasteiger partial charge in [0.05, 0.1) is 24.9 Å². The van der Waals surface area contributed by atoms with Crippen LogP contribution in [0.5, 0.6) is 0 Å². The summed E-state index contributed by atoms with van der Waals surface area (Å²) in [6.07, 6.45) is 8.10. The van der Waals surface area contributed by atoms with Gasteiger partial charge in [-0.2, -0.15) is 0 Å². The number of hydrogen-bond acceptors (Lipinski definition) is 4. The second kappa shape index (κ2) is 9.65. The van der Waals surface area contributed by atoms with Crippen molar-refractivity contribution in [1.29, 1.82) is 0 Å². The monoisotopic (exact) mass is 327 g/mol. The first-order chi connectivity index (χ1) is 11.7. The molecule has 0 aliphatic carbocycles. The van der Waals surface area contributed by atoms with Crippen molar-refractivity contribution in [2.75, 3.05) is 6.61 Å². The first kappa shape index (κ1) is 17.9. The van der Waals surface area contributed by atoms with Gasteiger partial charge in [0, 0.05) is 5.56 Å². The zero-order valence-corrected chi connectivity index (χ0v) is 14.4. The van der Waals surface area contributed by atoms with Gasteiger partial charge in [-0.05, 0) is 19.8 Å². The van der Waals surface area contributed by atoms with Crippen LogP contribution in [0.3, 0.4) is 0 Å². The lowest BCUT2D eigenvalue weighted by Crippen LogP contribution is -2.14. The second-order valence-corrected chi connectivity index (χ2v) is 5.61. The molecule has 0 bridgehead atoms. The highest BCUT2D eigenvalue weighted by Gasteiger charge is 2.13. The molecule has 0 radical (unpaired) electrons. The molecule has 1 aromatic carbocycles. The van der Waals surface area contributed by atoms with Crippen LogP contribution in [-0.4, -0.2) is 27.6 Å². The Balaban J connectivity index is 2.08. The number of hydrogen-bond donors (Lipinski definition) is 0. The maximum Gasteiger partial charge on any atom is 0.335 e. The van der Waals surface area contributed by atoms with E-state index in [-0.39, 0.29) is 5.97 Å². The van der Waals surface area contributed by atoms with E-state index in [4.69, 9.17) is 4.74 Å². The highest BCUT2D eigenvalue weighted by molar-refractivity contribution is 5.88. The smallest absolute Gasteiger partial charge is 0.335 e. The summed E-state index contributed by atoms with van der Waals surface area (Å²) in [5.74, 6) is -0.272. The molecular weight excluding hydrogens is 302 g/mol.